The highest BCUT2D eigenvalue weighted by Crippen LogP contribution is 2.10. The Bertz CT molecular complexity index is 318. The van der Waals surface area contributed by atoms with Gasteiger partial charge in [-0.1, -0.05) is 70.4 Å². The third kappa shape index (κ3) is 19.6. The Morgan fingerprint density at radius 3 is 2.00 bits per heavy atom. The van der Waals surface area contributed by atoms with Gasteiger partial charge in [-0.2, -0.15) is 0 Å². The molecule has 0 aliphatic heterocycles. The number of ether oxygens (including phenoxy) is 1. The number of hydrogen-bond donors (Lipinski definition) is 1. The molecule has 0 saturated carbocycles. The van der Waals surface area contributed by atoms with Crippen molar-refractivity contribution in [3.63, 3.8) is 0 Å². The van der Waals surface area contributed by atoms with Crippen molar-refractivity contribution in [3.8, 4) is 0 Å². The number of rotatable bonds is 18. The van der Waals surface area contributed by atoms with Crippen LogP contribution < -0.4 is 0 Å². The summed E-state index contributed by atoms with van der Waals surface area (Å²) in [6, 6.07) is 0. The van der Waals surface area contributed by atoms with Gasteiger partial charge in [0.05, 0.1) is 12.0 Å². The van der Waals surface area contributed by atoms with Crippen molar-refractivity contribution < 1.29 is 14.6 Å². The van der Waals surface area contributed by atoms with Crippen LogP contribution in [0.4, 0.5) is 0 Å². The molecule has 148 valence electrons. The molecule has 1 N–H and O–H groups in total. The first-order valence-electron chi connectivity index (χ1n) is 10.3. The molecule has 0 fully saturated rings. The first kappa shape index (κ1) is 24.5. The van der Waals surface area contributed by atoms with Crippen molar-refractivity contribution in [1.29, 1.82) is 0 Å². The second-order valence-corrected chi connectivity index (χ2v) is 7.41. The van der Waals surface area contributed by atoms with Crippen molar-refractivity contribution in [2.45, 2.75) is 102 Å². The Kier molecular flexibility index (Phi) is 19.4. The van der Waals surface area contributed by atoms with E-state index >= 15 is 0 Å². The highest BCUT2D eigenvalue weighted by atomic mass is 35.5. The average molecular weight is 375 g/mol. The number of alkyl halides is 1. The predicted octanol–water partition coefficient (Wildman–Crippen LogP) is 6.17. The van der Waals surface area contributed by atoms with Crippen molar-refractivity contribution in [2.24, 2.45) is 0 Å². The van der Waals surface area contributed by atoms with Gasteiger partial charge in [-0.3, -0.25) is 4.79 Å². The highest BCUT2D eigenvalue weighted by Gasteiger charge is 2.07. The number of hydrogen-bond acceptors (Lipinski definition) is 3. The van der Waals surface area contributed by atoms with Crippen LogP contribution in [0.2, 0.25) is 0 Å². The van der Waals surface area contributed by atoms with E-state index in [0.717, 1.165) is 12.8 Å². The van der Waals surface area contributed by atoms with Gasteiger partial charge in [-0.15, -0.1) is 11.6 Å². The number of carbonyl (C=O) groups excluding carboxylic acids is 1. The third-order valence-corrected chi connectivity index (χ3v) is 4.53. The van der Waals surface area contributed by atoms with E-state index in [-0.39, 0.29) is 19.2 Å². The van der Waals surface area contributed by atoms with Gasteiger partial charge in [0.25, 0.3) is 0 Å². The number of unbranched alkanes of at least 4 members (excludes halogenated alkanes) is 11. The Hall–Kier alpha value is -0.540. The molecule has 0 aromatic rings. The van der Waals surface area contributed by atoms with E-state index in [2.05, 4.69) is 19.1 Å². The largest absolute Gasteiger partial charge is 0.464 e. The molecule has 0 aliphatic carbocycles. The van der Waals surface area contributed by atoms with Gasteiger partial charge in [-0.25, -0.2) is 0 Å². The first-order valence-corrected chi connectivity index (χ1v) is 10.7. The van der Waals surface area contributed by atoms with E-state index in [9.17, 15) is 4.79 Å². The maximum atomic E-state index is 11.4. The van der Waals surface area contributed by atoms with Gasteiger partial charge in [0.2, 0.25) is 0 Å². The van der Waals surface area contributed by atoms with Crippen molar-refractivity contribution in [1.82, 2.24) is 0 Å². The zero-order chi connectivity index (χ0) is 18.6. The standard InChI is InChI=1S/C21H39ClO3/c1-2-3-4-5-6-7-8-9-10-11-12-13-14-15-16-17-21(24)25-19-20(22)18-23/h9-10,20,23H,2-8,11-19H2,1H3. The van der Waals surface area contributed by atoms with Crippen molar-refractivity contribution >= 4 is 17.6 Å². The quantitative estimate of drug-likeness (QED) is 0.135. The summed E-state index contributed by atoms with van der Waals surface area (Å²) in [7, 11) is 0. The summed E-state index contributed by atoms with van der Waals surface area (Å²) in [5.74, 6) is -0.211. The molecule has 0 saturated heterocycles. The van der Waals surface area contributed by atoms with Crippen LogP contribution >= 0.6 is 11.6 Å². The third-order valence-electron chi connectivity index (χ3n) is 4.27. The SMILES string of the molecule is CCCCCCCCC=CCCCCCCCC(=O)OCC(Cl)CO. The topological polar surface area (TPSA) is 46.5 Å². The molecule has 0 aliphatic rings. The van der Waals surface area contributed by atoms with Crippen molar-refractivity contribution in [3.05, 3.63) is 12.2 Å². The van der Waals surface area contributed by atoms with Gasteiger partial charge in [0, 0.05) is 6.42 Å². The van der Waals surface area contributed by atoms with Crippen LogP contribution in [-0.4, -0.2) is 29.7 Å². The number of esters is 1. The fourth-order valence-electron chi connectivity index (χ4n) is 2.65. The maximum absolute atomic E-state index is 11.4. The van der Waals surface area contributed by atoms with Crippen LogP contribution in [0.3, 0.4) is 0 Å². The number of aliphatic hydroxyl groups excluding tert-OH is 1. The molecular formula is C21H39ClO3. The summed E-state index contributed by atoms with van der Waals surface area (Å²) in [6.07, 6.45) is 21.3. The van der Waals surface area contributed by atoms with E-state index in [4.69, 9.17) is 21.4 Å². The second-order valence-electron chi connectivity index (χ2n) is 6.80. The van der Waals surface area contributed by atoms with Crippen LogP contribution in [-0.2, 0) is 9.53 Å². The van der Waals surface area contributed by atoms with E-state index < -0.39 is 5.38 Å². The summed E-state index contributed by atoms with van der Waals surface area (Å²) in [5, 5.41) is 8.25. The number of carbonyl (C=O) groups is 1. The summed E-state index contributed by atoms with van der Waals surface area (Å²) in [5.41, 5.74) is 0. The molecule has 0 heterocycles. The van der Waals surface area contributed by atoms with Gasteiger partial charge in [0.15, 0.2) is 0 Å². The van der Waals surface area contributed by atoms with Crippen LogP contribution in [0.25, 0.3) is 0 Å². The lowest BCUT2D eigenvalue weighted by molar-refractivity contribution is -0.143. The molecule has 25 heavy (non-hydrogen) atoms. The number of aliphatic hydroxyl groups is 1. The second kappa shape index (κ2) is 19.8. The average Bonchev–Trinajstić information content (AvgIpc) is 2.62. The van der Waals surface area contributed by atoms with Gasteiger partial charge < -0.3 is 9.84 Å². The monoisotopic (exact) mass is 374 g/mol. The molecular weight excluding hydrogens is 336 g/mol. The normalized spacial score (nSPS) is 12.6. The molecule has 0 amide bonds. The predicted molar refractivity (Wildman–Crippen MR) is 107 cm³/mol. The minimum atomic E-state index is -0.488. The Balaban J connectivity index is 3.22. The van der Waals surface area contributed by atoms with Crippen LogP contribution in [0.1, 0.15) is 96.8 Å². The number of halogens is 1. The van der Waals surface area contributed by atoms with Crippen LogP contribution in [0.5, 0.6) is 0 Å². The smallest absolute Gasteiger partial charge is 0.305 e. The summed E-state index contributed by atoms with van der Waals surface area (Å²) in [4.78, 5) is 11.4. The summed E-state index contributed by atoms with van der Waals surface area (Å²) in [6.45, 7) is 2.19. The molecule has 3 nitrogen and oxygen atoms in total. The van der Waals surface area contributed by atoms with E-state index in [0.29, 0.717) is 6.42 Å². The molecule has 0 radical (unpaired) electrons. The van der Waals surface area contributed by atoms with Gasteiger partial charge in [0.1, 0.15) is 6.61 Å². The fourth-order valence-corrected chi connectivity index (χ4v) is 2.71. The molecule has 0 spiro atoms. The first-order chi connectivity index (χ1) is 12.2. The minimum Gasteiger partial charge on any atom is -0.464 e. The van der Waals surface area contributed by atoms with E-state index in [1.807, 2.05) is 0 Å². The summed E-state index contributed by atoms with van der Waals surface area (Å²) < 4.78 is 4.97. The highest BCUT2D eigenvalue weighted by molar-refractivity contribution is 6.20. The molecule has 1 unspecified atom stereocenters. The van der Waals surface area contributed by atoms with Crippen LogP contribution in [0, 0.1) is 0 Å². The Labute approximate surface area is 160 Å². The number of allylic oxidation sites excluding steroid dienone is 2. The molecule has 0 rings (SSSR count). The van der Waals surface area contributed by atoms with E-state index in [1.54, 1.807) is 0 Å². The lowest BCUT2D eigenvalue weighted by atomic mass is 10.1. The lowest BCUT2D eigenvalue weighted by Gasteiger charge is -2.07. The van der Waals surface area contributed by atoms with Gasteiger partial charge in [-0.05, 0) is 32.1 Å². The molecule has 0 bridgehead atoms. The Morgan fingerprint density at radius 2 is 1.44 bits per heavy atom. The molecule has 4 heteroatoms. The maximum Gasteiger partial charge on any atom is 0.305 e. The zero-order valence-electron chi connectivity index (χ0n) is 16.2. The van der Waals surface area contributed by atoms with E-state index in [1.165, 1.54) is 70.6 Å². The molecule has 0 aromatic carbocycles. The molecule has 1 atom stereocenters. The lowest BCUT2D eigenvalue weighted by Crippen LogP contribution is -2.16. The minimum absolute atomic E-state index is 0.0992. The zero-order valence-corrected chi connectivity index (χ0v) is 16.9. The molecule has 0 aromatic heterocycles. The Morgan fingerprint density at radius 1 is 0.920 bits per heavy atom. The van der Waals surface area contributed by atoms with Crippen LogP contribution in [0.15, 0.2) is 12.2 Å². The fraction of sp³-hybridized carbons (Fsp3) is 0.857. The van der Waals surface area contributed by atoms with Gasteiger partial charge >= 0.3 is 5.97 Å². The van der Waals surface area contributed by atoms with Crippen molar-refractivity contribution in [2.75, 3.05) is 13.2 Å². The summed E-state index contributed by atoms with van der Waals surface area (Å²) >= 11 is 5.67.